The monoisotopic (exact) mass is 303 g/mol. The van der Waals surface area contributed by atoms with Gasteiger partial charge in [0, 0.05) is 0 Å². The minimum atomic E-state index is -0.436. The molecule has 0 unspecified atom stereocenters. The third-order valence-electron chi connectivity index (χ3n) is 3.46. The molecular formula is C15H17N3O4. The first-order valence-corrected chi connectivity index (χ1v) is 7.16. The van der Waals surface area contributed by atoms with Gasteiger partial charge in [-0.3, -0.25) is 0 Å². The van der Waals surface area contributed by atoms with Crippen LogP contribution >= 0.6 is 0 Å². The molecule has 1 aromatic carbocycles. The molecule has 1 fully saturated rings. The lowest BCUT2D eigenvalue weighted by Gasteiger charge is -2.27. The number of hydrogen-bond donors (Lipinski definition) is 1. The van der Waals surface area contributed by atoms with Gasteiger partial charge in [0.1, 0.15) is 12.7 Å². The van der Waals surface area contributed by atoms with Gasteiger partial charge >= 0.3 is 6.09 Å². The molecule has 1 saturated heterocycles. The number of rotatable bonds is 4. The number of amides is 1. The number of carbonyl (C=O) groups is 1. The second kappa shape index (κ2) is 7.04. The van der Waals surface area contributed by atoms with Crippen molar-refractivity contribution in [2.45, 2.75) is 31.6 Å². The summed E-state index contributed by atoms with van der Waals surface area (Å²) in [6.07, 6.45) is 2.14. The zero-order chi connectivity index (χ0) is 15.2. The van der Waals surface area contributed by atoms with E-state index in [1.165, 1.54) is 6.39 Å². The Hall–Kier alpha value is -2.41. The fourth-order valence-corrected chi connectivity index (χ4v) is 2.31. The maximum atomic E-state index is 11.8. The first-order valence-electron chi connectivity index (χ1n) is 7.16. The molecular weight excluding hydrogens is 286 g/mol. The Bertz CT molecular complexity index is 580. The molecule has 1 N–H and O–H groups in total. The van der Waals surface area contributed by atoms with Crippen LogP contribution in [0.4, 0.5) is 4.79 Å². The minimum Gasteiger partial charge on any atom is -0.445 e. The molecule has 22 heavy (non-hydrogen) atoms. The highest BCUT2D eigenvalue weighted by molar-refractivity contribution is 5.67. The highest BCUT2D eigenvalue weighted by atomic mass is 16.5. The van der Waals surface area contributed by atoms with Gasteiger partial charge in [0.15, 0.2) is 0 Å². The number of nitrogens with one attached hydrogen (secondary N) is 1. The van der Waals surface area contributed by atoms with Gasteiger partial charge in [-0.15, -0.1) is 10.2 Å². The second-order valence-corrected chi connectivity index (χ2v) is 5.08. The van der Waals surface area contributed by atoms with E-state index < -0.39 is 6.09 Å². The number of alkyl carbamates (subject to hydrolysis) is 1. The summed E-state index contributed by atoms with van der Waals surface area (Å²) in [4.78, 5) is 11.8. The van der Waals surface area contributed by atoms with Crippen molar-refractivity contribution < 1.29 is 18.7 Å². The highest BCUT2D eigenvalue weighted by Crippen LogP contribution is 2.26. The quantitative estimate of drug-likeness (QED) is 0.932. The summed E-state index contributed by atoms with van der Waals surface area (Å²) in [7, 11) is 0. The topological polar surface area (TPSA) is 86.5 Å². The molecule has 2 heterocycles. The molecule has 0 radical (unpaired) electrons. The van der Waals surface area contributed by atoms with Crippen LogP contribution in [0.3, 0.4) is 0 Å². The maximum Gasteiger partial charge on any atom is 0.407 e. The third-order valence-corrected chi connectivity index (χ3v) is 3.46. The molecule has 0 spiro atoms. The normalized spacial score (nSPS) is 21.3. The standard InChI is InChI=1S/C15H17N3O4/c19-15(21-8-11-4-2-1-3-5-11)17-12-6-7-13(20-9-12)14-18-16-10-22-14/h1-5,10,12-13H,6-9H2,(H,17,19)/t12-,13-/m0/s1. The van der Waals surface area contributed by atoms with E-state index in [2.05, 4.69) is 15.5 Å². The molecule has 1 aliphatic rings. The molecule has 2 atom stereocenters. The predicted octanol–water partition coefficient (Wildman–Crippen LogP) is 2.22. The molecule has 1 amide bonds. The zero-order valence-electron chi connectivity index (χ0n) is 12.0. The summed E-state index contributed by atoms with van der Waals surface area (Å²) in [5, 5.41) is 10.3. The number of carbonyl (C=O) groups excluding carboxylic acids is 1. The molecule has 116 valence electrons. The molecule has 0 aliphatic carbocycles. The summed E-state index contributed by atoms with van der Waals surface area (Å²) < 4.78 is 15.9. The van der Waals surface area contributed by atoms with Gasteiger partial charge in [0.05, 0.1) is 12.6 Å². The minimum absolute atomic E-state index is 0.0672. The van der Waals surface area contributed by atoms with E-state index in [1.54, 1.807) is 0 Å². The van der Waals surface area contributed by atoms with Gasteiger partial charge < -0.3 is 19.2 Å². The largest absolute Gasteiger partial charge is 0.445 e. The predicted molar refractivity (Wildman–Crippen MR) is 75.8 cm³/mol. The van der Waals surface area contributed by atoms with Crippen LogP contribution in [0.2, 0.25) is 0 Å². The van der Waals surface area contributed by atoms with E-state index in [-0.39, 0.29) is 18.8 Å². The van der Waals surface area contributed by atoms with Gasteiger partial charge in [-0.05, 0) is 18.4 Å². The van der Waals surface area contributed by atoms with Crippen LogP contribution in [-0.4, -0.2) is 28.9 Å². The number of nitrogens with zero attached hydrogens (tertiary/aromatic N) is 2. The fourth-order valence-electron chi connectivity index (χ4n) is 2.31. The summed E-state index contributed by atoms with van der Waals surface area (Å²) in [5.41, 5.74) is 0.953. The lowest BCUT2D eigenvalue weighted by molar-refractivity contribution is -0.0187. The summed E-state index contributed by atoms with van der Waals surface area (Å²) in [5.74, 6) is 0.477. The van der Waals surface area contributed by atoms with E-state index in [1.807, 2.05) is 30.3 Å². The molecule has 1 aliphatic heterocycles. The van der Waals surface area contributed by atoms with Crippen LogP contribution in [0.25, 0.3) is 0 Å². The van der Waals surface area contributed by atoms with Gasteiger partial charge in [-0.25, -0.2) is 4.79 Å². The fraction of sp³-hybridized carbons (Fsp3) is 0.400. The van der Waals surface area contributed by atoms with E-state index >= 15 is 0 Å². The van der Waals surface area contributed by atoms with Crippen LogP contribution < -0.4 is 5.32 Å². The van der Waals surface area contributed by atoms with Crippen LogP contribution in [0, 0.1) is 0 Å². The van der Waals surface area contributed by atoms with Gasteiger partial charge in [0.25, 0.3) is 0 Å². The lowest BCUT2D eigenvalue weighted by atomic mass is 10.1. The van der Waals surface area contributed by atoms with Crippen LogP contribution in [0.1, 0.15) is 30.4 Å². The van der Waals surface area contributed by atoms with Gasteiger partial charge in [-0.1, -0.05) is 30.3 Å². The van der Waals surface area contributed by atoms with Crippen molar-refractivity contribution in [3.63, 3.8) is 0 Å². The van der Waals surface area contributed by atoms with Crippen molar-refractivity contribution in [2.24, 2.45) is 0 Å². The Morgan fingerprint density at radius 1 is 1.32 bits per heavy atom. The van der Waals surface area contributed by atoms with E-state index in [0.717, 1.165) is 12.0 Å². The van der Waals surface area contributed by atoms with Crippen molar-refractivity contribution in [3.05, 3.63) is 48.2 Å². The smallest absolute Gasteiger partial charge is 0.407 e. The van der Waals surface area contributed by atoms with E-state index in [0.29, 0.717) is 18.9 Å². The average Bonchev–Trinajstić information content (AvgIpc) is 3.09. The SMILES string of the molecule is O=C(N[C@H]1CC[C@@H](c2nnco2)OC1)OCc1ccccc1. The lowest BCUT2D eigenvalue weighted by Crippen LogP contribution is -2.41. The van der Waals surface area contributed by atoms with Crippen LogP contribution in [0.15, 0.2) is 41.1 Å². The van der Waals surface area contributed by atoms with E-state index in [4.69, 9.17) is 13.9 Å². The van der Waals surface area contributed by atoms with Crippen molar-refractivity contribution in [1.82, 2.24) is 15.5 Å². The van der Waals surface area contributed by atoms with Crippen LogP contribution in [0.5, 0.6) is 0 Å². The summed E-state index contributed by atoms with van der Waals surface area (Å²) in [6, 6.07) is 9.48. The first-order chi connectivity index (χ1) is 10.8. The molecule has 0 bridgehead atoms. The molecule has 1 aromatic heterocycles. The number of hydrogen-bond acceptors (Lipinski definition) is 6. The Kier molecular flexibility index (Phi) is 4.65. The van der Waals surface area contributed by atoms with Crippen molar-refractivity contribution in [2.75, 3.05) is 6.61 Å². The molecule has 7 heteroatoms. The van der Waals surface area contributed by atoms with Crippen LogP contribution in [-0.2, 0) is 16.1 Å². The first kappa shape index (κ1) is 14.5. The van der Waals surface area contributed by atoms with Crippen molar-refractivity contribution >= 4 is 6.09 Å². The third kappa shape index (κ3) is 3.82. The Morgan fingerprint density at radius 3 is 2.86 bits per heavy atom. The maximum absolute atomic E-state index is 11.8. The Labute approximate surface area is 127 Å². The van der Waals surface area contributed by atoms with Gasteiger partial charge in [-0.2, -0.15) is 0 Å². The van der Waals surface area contributed by atoms with Gasteiger partial charge in [0.2, 0.25) is 12.3 Å². The zero-order valence-corrected chi connectivity index (χ0v) is 12.0. The number of aromatic nitrogens is 2. The number of ether oxygens (including phenoxy) is 2. The summed E-state index contributed by atoms with van der Waals surface area (Å²) in [6.45, 7) is 0.651. The Balaban J connectivity index is 1.40. The molecule has 2 aromatic rings. The molecule has 7 nitrogen and oxygen atoms in total. The summed E-state index contributed by atoms with van der Waals surface area (Å²) >= 11 is 0. The molecule has 0 saturated carbocycles. The van der Waals surface area contributed by atoms with E-state index in [9.17, 15) is 4.79 Å². The molecule has 3 rings (SSSR count). The van der Waals surface area contributed by atoms with Crippen molar-refractivity contribution in [1.29, 1.82) is 0 Å². The second-order valence-electron chi connectivity index (χ2n) is 5.08. The van der Waals surface area contributed by atoms with Crippen molar-refractivity contribution in [3.8, 4) is 0 Å². The number of benzene rings is 1. The highest BCUT2D eigenvalue weighted by Gasteiger charge is 2.27. The average molecular weight is 303 g/mol. The Morgan fingerprint density at radius 2 is 2.18 bits per heavy atom.